The molecule has 0 unspecified atom stereocenters. The van der Waals surface area contributed by atoms with E-state index in [9.17, 15) is 0 Å². The molecule has 3 fully saturated rings. The topological polar surface area (TPSA) is 3.88 Å². The number of aromatic nitrogens is 1. The largest absolute Gasteiger partial charge is 0.220 e. The number of pyridine rings is 1. The van der Waals surface area contributed by atoms with E-state index in [0.29, 0.717) is 35.4 Å². The van der Waals surface area contributed by atoms with Crippen LogP contribution in [0.15, 0.2) is 42.5 Å². The Labute approximate surface area is 234 Å². The van der Waals surface area contributed by atoms with Crippen molar-refractivity contribution in [2.24, 2.45) is 12.5 Å². The summed E-state index contributed by atoms with van der Waals surface area (Å²) in [6.07, 6.45) is 18.6. The monoisotopic (exact) mass is 510 g/mol. The van der Waals surface area contributed by atoms with Crippen LogP contribution in [-0.4, -0.2) is 0 Å². The number of hydrogen-bond acceptors (Lipinski definition) is 0. The van der Waals surface area contributed by atoms with Crippen LogP contribution in [0.25, 0.3) is 22.0 Å². The normalized spacial score (nSPS) is 22.4. The van der Waals surface area contributed by atoms with Crippen LogP contribution in [-0.2, 0) is 7.05 Å². The fourth-order valence-electron chi connectivity index (χ4n) is 8.08. The molecule has 1 heteroatoms. The van der Waals surface area contributed by atoms with Gasteiger partial charge in [-0.2, -0.15) is 0 Å². The third-order valence-electron chi connectivity index (χ3n) is 10.6. The Balaban J connectivity index is 1.51. The zero-order valence-electron chi connectivity index (χ0n) is 26.5. The lowest BCUT2D eigenvalue weighted by Gasteiger charge is -2.34. The van der Waals surface area contributed by atoms with Crippen molar-refractivity contribution in [3.63, 3.8) is 0 Å². The molecular weight excluding hydrogens is 458 g/mol. The number of benzene rings is 2. The molecule has 0 spiro atoms. The van der Waals surface area contributed by atoms with E-state index in [4.69, 9.17) is 2.74 Å². The highest BCUT2D eigenvalue weighted by molar-refractivity contribution is 5.94. The molecule has 0 aliphatic heterocycles. The fourth-order valence-corrected chi connectivity index (χ4v) is 8.08. The van der Waals surface area contributed by atoms with Gasteiger partial charge in [-0.3, -0.25) is 0 Å². The minimum Gasteiger partial charge on any atom is -0.200 e. The number of rotatable bonds is 4. The Kier molecular flexibility index (Phi) is 6.73. The summed E-state index contributed by atoms with van der Waals surface area (Å²) in [4.78, 5) is 0. The van der Waals surface area contributed by atoms with Crippen LogP contribution in [0.1, 0.15) is 146 Å². The van der Waals surface area contributed by atoms with Crippen molar-refractivity contribution in [1.82, 2.24) is 0 Å². The molecule has 0 bridgehead atoms. The van der Waals surface area contributed by atoms with Crippen LogP contribution in [0.2, 0.25) is 0 Å². The Morgan fingerprint density at radius 2 is 1.39 bits per heavy atom. The van der Waals surface area contributed by atoms with Crippen molar-refractivity contribution in [3.8, 4) is 11.3 Å². The molecule has 0 amide bonds. The van der Waals surface area contributed by atoms with Gasteiger partial charge >= 0.3 is 0 Å². The predicted molar refractivity (Wildman–Crippen MR) is 162 cm³/mol. The third kappa shape index (κ3) is 5.20. The average Bonchev–Trinajstić information content (AvgIpc) is 2.97. The molecule has 6 rings (SSSR count). The lowest BCUT2D eigenvalue weighted by molar-refractivity contribution is -0.659. The maximum atomic E-state index is 9.03. The summed E-state index contributed by atoms with van der Waals surface area (Å²) >= 11 is 0. The van der Waals surface area contributed by atoms with E-state index in [-0.39, 0.29) is 0 Å². The predicted octanol–water partition coefficient (Wildman–Crippen LogP) is 10.4. The van der Waals surface area contributed by atoms with Crippen molar-refractivity contribution in [2.75, 3.05) is 0 Å². The quantitative estimate of drug-likeness (QED) is 0.307. The van der Waals surface area contributed by atoms with E-state index in [0.717, 1.165) is 16.5 Å². The molecule has 0 saturated heterocycles. The molecule has 0 N–H and O–H groups in total. The van der Waals surface area contributed by atoms with Crippen LogP contribution >= 0.6 is 0 Å². The first-order chi connectivity index (χ1) is 19.2. The Morgan fingerprint density at radius 1 is 0.763 bits per heavy atom. The standard InChI is InChI=1S/C37H50N/c1-26-34(29-13-9-6-10-14-29)24-32(27-11-7-5-8-12-27)25-35(26)36-33-16-15-30(23-31(33)19-22-38(36)4)28-17-20-37(2,3)21-18-28/h15-16,19,22-25,27-29H,5-14,17-18,20-21H2,1-4H3/q+1/i19D,22D. The van der Waals surface area contributed by atoms with E-state index in [2.05, 4.69) is 51.1 Å². The second-order valence-corrected chi connectivity index (χ2v) is 13.8. The van der Waals surface area contributed by atoms with Gasteiger partial charge in [-0.1, -0.05) is 70.6 Å². The van der Waals surface area contributed by atoms with Crippen molar-refractivity contribution in [2.45, 2.75) is 128 Å². The van der Waals surface area contributed by atoms with Gasteiger partial charge < -0.3 is 0 Å². The molecule has 1 heterocycles. The third-order valence-corrected chi connectivity index (χ3v) is 10.6. The maximum Gasteiger partial charge on any atom is 0.220 e. The highest BCUT2D eigenvalue weighted by Gasteiger charge is 2.29. The van der Waals surface area contributed by atoms with E-state index in [1.54, 1.807) is 5.56 Å². The fraction of sp³-hybridized carbons (Fsp3) is 0.595. The van der Waals surface area contributed by atoms with Gasteiger partial charge in [0.1, 0.15) is 8.42 Å². The van der Waals surface area contributed by atoms with E-state index in [1.165, 1.54) is 112 Å². The smallest absolute Gasteiger partial charge is 0.200 e. The van der Waals surface area contributed by atoms with E-state index >= 15 is 0 Å². The molecule has 0 radical (unpaired) electrons. The van der Waals surface area contributed by atoms with Crippen molar-refractivity contribution >= 4 is 10.8 Å². The van der Waals surface area contributed by atoms with Gasteiger partial charge in [-0.25, -0.2) is 4.57 Å². The van der Waals surface area contributed by atoms with E-state index in [1.807, 2.05) is 11.6 Å². The molecule has 3 aliphatic rings. The van der Waals surface area contributed by atoms with Crippen molar-refractivity contribution in [3.05, 3.63) is 64.8 Å². The minimum atomic E-state index is 0.325. The molecular formula is C37H50N+. The van der Waals surface area contributed by atoms with E-state index < -0.39 is 0 Å². The molecule has 1 nitrogen and oxygen atoms in total. The van der Waals surface area contributed by atoms with Crippen molar-refractivity contribution in [1.29, 1.82) is 0 Å². The highest BCUT2D eigenvalue weighted by Crippen LogP contribution is 2.45. The summed E-state index contributed by atoms with van der Waals surface area (Å²) in [6, 6.07) is 12.4. The molecule has 2 aromatic carbocycles. The molecule has 202 valence electrons. The molecule has 3 saturated carbocycles. The summed E-state index contributed by atoms with van der Waals surface area (Å²) in [5.41, 5.74) is 8.74. The number of fused-ring (bicyclic) bond motifs is 1. The van der Waals surface area contributed by atoms with Crippen LogP contribution in [0.3, 0.4) is 0 Å². The molecule has 3 aliphatic carbocycles. The maximum absolute atomic E-state index is 9.03. The second-order valence-electron chi connectivity index (χ2n) is 13.8. The van der Waals surface area contributed by atoms with Crippen molar-refractivity contribution < 1.29 is 7.31 Å². The summed E-state index contributed by atoms with van der Waals surface area (Å²) in [5.74, 6) is 1.87. The van der Waals surface area contributed by atoms with Gasteiger partial charge in [0.05, 0.1) is 12.3 Å². The second kappa shape index (κ2) is 10.8. The summed E-state index contributed by atoms with van der Waals surface area (Å²) in [7, 11) is 2.01. The molecule has 0 atom stereocenters. The summed E-state index contributed by atoms with van der Waals surface area (Å²) in [6.45, 7) is 7.14. The zero-order valence-corrected chi connectivity index (χ0v) is 24.5. The van der Waals surface area contributed by atoms with Gasteiger partial charge in [0.2, 0.25) is 5.69 Å². The number of nitrogens with zero attached hydrogens (tertiary/aromatic N) is 1. The number of hydrogen-bond donors (Lipinski definition) is 0. The first kappa shape index (κ1) is 23.7. The Bertz CT molecular complexity index is 1380. The van der Waals surface area contributed by atoms with Crippen LogP contribution < -0.4 is 4.57 Å². The summed E-state index contributed by atoms with van der Waals surface area (Å²) < 4.78 is 20.0. The lowest BCUT2D eigenvalue weighted by atomic mass is 9.71. The molecule has 3 aromatic rings. The van der Waals surface area contributed by atoms with Crippen LogP contribution in [0, 0.1) is 12.3 Å². The van der Waals surface area contributed by atoms with Crippen LogP contribution in [0.4, 0.5) is 0 Å². The minimum absolute atomic E-state index is 0.325. The first-order valence-electron chi connectivity index (χ1n) is 16.8. The molecule has 38 heavy (non-hydrogen) atoms. The van der Waals surface area contributed by atoms with Gasteiger partial charge in [0, 0.05) is 6.04 Å². The first-order valence-corrected chi connectivity index (χ1v) is 15.8. The van der Waals surface area contributed by atoms with Gasteiger partial charge in [0.25, 0.3) is 0 Å². The summed E-state index contributed by atoms with van der Waals surface area (Å²) in [5, 5.41) is 2.10. The average molecular weight is 511 g/mol. The van der Waals surface area contributed by atoms with Gasteiger partial charge in [-0.15, -0.1) is 0 Å². The molecule has 1 aromatic heterocycles. The Morgan fingerprint density at radius 3 is 2.08 bits per heavy atom. The van der Waals surface area contributed by atoms with Gasteiger partial charge in [0.15, 0.2) is 6.17 Å². The highest BCUT2D eigenvalue weighted by atomic mass is 14.9. The Hall–Kier alpha value is -2.15. The zero-order chi connectivity index (χ0) is 28.0. The SMILES string of the molecule is [2H]c1c([2H])[n+](C)c(-c2cc(C3CCCCC3)cc(C3CCCCC3)c2C)c2ccc(C3CCC(C)(C)CC3)cc12. The van der Waals surface area contributed by atoms with Crippen LogP contribution in [0.5, 0.6) is 0 Å². The van der Waals surface area contributed by atoms with Gasteiger partial charge in [-0.05, 0) is 121 Å². The lowest BCUT2D eigenvalue weighted by Crippen LogP contribution is -2.31.